The summed E-state index contributed by atoms with van der Waals surface area (Å²) in [7, 11) is 0. The van der Waals surface area contributed by atoms with Gasteiger partial charge < -0.3 is 15.8 Å². The van der Waals surface area contributed by atoms with Crippen molar-refractivity contribution in [1.82, 2.24) is 10.3 Å². The van der Waals surface area contributed by atoms with E-state index in [9.17, 15) is 4.79 Å². The van der Waals surface area contributed by atoms with Crippen molar-refractivity contribution in [1.29, 1.82) is 0 Å². The summed E-state index contributed by atoms with van der Waals surface area (Å²) >= 11 is 0. The summed E-state index contributed by atoms with van der Waals surface area (Å²) in [5, 5.41) is 2.79. The molecule has 2 rings (SSSR count). The van der Waals surface area contributed by atoms with E-state index in [-0.39, 0.29) is 12.5 Å². The lowest BCUT2D eigenvalue weighted by atomic mass is 10.1. The molecule has 5 heteroatoms. The van der Waals surface area contributed by atoms with Crippen LogP contribution in [-0.2, 0) is 11.3 Å². The minimum absolute atomic E-state index is 0.0246. The number of aryl methyl sites for hydroxylation is 1. The molecule has 1 aromatic heterocycles. The van der Waals surface area contributed by atoms with Gasteiger partial charge in [0.05, 0.1) is 0 Å². The van der Waals surface area contributed by atoms with Crippen LogP contribution in [0.15, 0.2) is 42.7 Å². The molecule has 5 nitrogen and oxygen atoms in total. The summed E-state index contributed by atoms with van der Waals surface area (Å²) in [5.41, 5.74) is 8.32. The Morgan fingerprint density at radius 1 is 1.30 bits per heavy atom. The molecular weight excluding hydrogens is 254 g/mol. The van der Waals surface area contributed by atoms with E-state index in [1.807, 2.05) is 13.0 Å². The van der Waals surface area contributed by atoms with Gasteiger partial charge in [-0.2, -0.15) is 0 Å². The number of hydrogen-bond acceptors (Lipinski definition) is 4. The Bertz CT molecular complexity index is 582. The van der Waals surface area contributed by atoms with E-state index in [1.54, 1.807) is 36.7 Å². The number of nitrogens with two attached hydrogens (primary N) is 1. The number of carbonyl (C=O) groups excluding carboxylic acids is 1. The third-order valence-corrected chi connectivity index (χ3v) is 2.87. The Hall–Kier alpha value is -2.56. The first-order valence-electron chi connectivity index (χ1n) is 6.29. The Morgan fingerprint density at radius 3 is 2.75 bits per heavy atom. The van der Waals surface area contributed by atoms with Crippen LogP contribution in [0.1, 0.15) is 11.1 Å². The molecule has 0 saturated carbocycles. The highest BCUT2D eigenvalue weighted by Crippen LogP contribution is 2.12. The van der Waals surface area contributed by atoms with E-state index < -0.39 is 0 Å². The number of hydrogen-bond donors (Lipinski definition) is 2. The number of nitrogens with one attached hydrogen (secondary N) is 1. The summed E-state index contributed by atoms with van der Waals surface area (Å²) < 4.78 is 5.36. The predicted molar refractivity (Wildman–Crippen MR) is 77.2 cm³/mol. The third-order valence-electron chi connectivity index (χ3n) is 2.87. The summed E-state index contributed by atoms with van der Waals surface area (Å²) in [6.45, 7) is 2.40. The van der Waals surface area contributed by atoms with Gasteiger partial charge in [-0.15, -0.1) is 0 Å². The second-order valence-corrected chi connectivity index (χ2v) is 4.44. The monoisotopic (exact) mass is 271 g/mol. The third kappa shape index (κ3) is 3.98. The number of rotatable bonds is 5. The van der Waals surface area contributed by atoms with Crippen LogP contribution in [-0.4, -0.2) is 17.5 Å². The summed E-state index contributed by atoms with van der Waals surface area (Å²) in [5.74, 6) is 0.442. The zero-order chi connectivity index (χ0) is 14.4. The van der Waals surface area contributed by atoms with Gasteiger partial charge in [0, 0.05) is 24.6 Å². The van der Waals surface area contributed by atoms with E-state index in [0.29, 0.717) is 18.0 Å². The van der Waals surface area contributed by atoms with Gasteiger partial charge in [0.15, 0.2) is 6.61 Å². The molecule has 0 atom stereocenters. The van der Waals surface area contributed by atoms with E-state index >= 15 is 0 Å². The molecule has 2 aromatic rings. The van der Waals surface area contributed by atoms with Crippen molar-refractivity contribution in [2.75, 3.05) is 12.3 Å². The predicted octanol–water partition coefficient (Wildman–Crippen LogP) is 1.67. The highest BCUT2D eigenvalue weighted by Gasteiger charge is 2.04. The number of nitrogens with zero attached hydrogens (tertiary/aromatic N) is 1. The lowest BCUT2D eigenvalue weighted by Crippen LogP contribution is -2.28. The maximum absolute atomic E-state index is 11.7. The van der Waals surface area contributed by atoms with Crippen LogP contribution in [0.25, 0.3) is 0 Å². The van der Waals surface area contributed by atoms with Crippen LogP contribution in [0.3, 0.4) is 0 Å². The van der Waals surface area contributed by atoms with Gasteiger partial charge in [-0.05, 0) is 48.4 Å². The van der Waals surface area contributed by atoms with E-state index in [4.69, 9.17) is 10.5 Å². The fourth-order valence-electron chi connectivity index (χ4n) is 1.64. The largest absolute Gasteiger partial charge is 0.484 e. The molecule has 104 valence electrons. The van der Waals surface area contributed by atoms with Gasteiger partial charge in [-0.3, -0.25) is 9.78 Å². The number of aromatic nitrogens is 1. The fourth-order valence-corrected chi connectivity index (χ4v) is 1.64. The highest BCUT2D eigenvalue weighted by atomic mass is 16.5. The number of carbonyl (C=O) groups is 1. The number of anilines is 1. The standard InChI is InChI=1S/C15H17N3O2/c1-11-6-7-17-8-12(11)9-18-15(19)10-20-14-4-2-13(16)3-5-14/h2-8H,9-10,16H2,1H3,(H,18,19). The van der Waals surface area contributed by atoms with Gasteiger partial charge in [0.1, 0.15) is 5.75 Å². The molecule has 0 spiro atoms. The van der Waals surface area contributed by atoms with Crippen molar-refractivity contribution >= 4 is 11.6 Å². The zero-order valence-electron chi connectivity index (χ0n) is 11.3. The smallest absolute Gasteiger partial charge is 0.258 e. The molecule has 1 aromatic carbocycles. The number of amides is 1. The second kappa shape index (κ2) is 6.56. The molecule has 0 aliphatic rings. The average Bonchev–Trinajstić information content (AvgIpc) is 2.46. The first-order chi connectivity index (χ1) is 9.65. The molecule has 0 bridgehead atoms. The van der Waals surface area contributed by atoms with Crippen molar-refractivity contribution in [2.45, 2.75) is 13.5 Å². The van der Waals surface area contributed by atoms with Gasteiger partial charge in [0.25, 0.3) is 5.91 Å². The lowest BCUT2D eigenvalue weighted by molar-refractivity contribution is -0.123. The molecule has 3 N–H and O–H groups in total. The van der Waals surface area contributed by atoms with Crippen molar-refractivity contribution < 1.29 is 9.53 Å². The number of pyridine rings is 1. The van der Waals surface area contributed by atoms with Crippen LogP contribution in [0, 0.1) is 6.92 Å². The van der Waals surface area contributed by atoms with Crippen LogP contribution in [0.2, 0.25) is 0 Å². The molecule has 0 unspecified atom stereocenters. The highest BCUT2D eigenvalue weighted by molar-refractivity contribution is 5.77. The molecule has 1 amide bonds. The fraction of sp³-hybridized carbons (Fsp3) is 0.200. The molecule has 1 heterocycles. The van der Waals surface area contributed by atoms with Gasteiger partial charge in [0.2, 0.25) is 0 Å². The van der Waals surface area contributed by atoms with E-state index in [1.165, 1.54) is 0 Å². The molecule has 0 fully saturated rings. The Balaban J connectivity index is 1.78. The summed E-state index contributed by atoms with van der Waals surface area (Å²) in [4.78, 5) is 15.7. The molecule has 20 heavy (non-hydrogen) atoms. The molecule has 0 aliphatic heterocycles. The van der Waals surface area contributed by atoms with Crippen molar-refractivity contribution in [2.24, 2.45) is 0 Å². The number of nitrogen functional groups attached to an aromatic ring is 1. The minimum atomic E-state index is -0.176. The van der Waals surface area contributed by atoms with Crippen molar-refractivity contribution in [3.63, 3.8) is 0 Å². The molecule has 0 saturated heterocycles. The maximum atomic E-state index is 11.7. The van der Waals surface area contributed by atoms with Gasteiger partial charge in [-0.1, -0.05) is 0 Å². The lowest BCUT2D eigenvalue weighted by Gasteiger charge is -2.09. The SMILES string of the molecule is Cc1ccncc1CNC(=O)COc1ccc(N)cc1. The Morgan fingerprint density at radius 2 is 2.05 bits per heavy atom. The number of benzene rings is 1. The van der Waals surface area contributed by atoms with Crippen LogP contribution < -0.4 is 15.8 Å². The summed E-state index contributed by atoms with van der Waals surface area (Å²) in [6, 6.07) is 8.83. The maximum Gasteiger partial charge on any atom is 0.258 e. The van der Waals surface area contributed by atoms with E-state index in [0.717, 1.165) is 11.1 Å². The van der Waals surface area contributed by atoms with Crippen molar-refractivity contribution in [3.8, 4) is 5.75 Å². The van der Waals surface area contributed by atoms with Crippen LogP contribution in [0.5, 0.6) is 5.75 Å². The average molecular weight is 271 g/mol. The quantitative estimate of drug-likeness (QED) is 0.811. The molecule has 0 radical (unpaired) electrons. The van der Waals surface area contributed by atoms with Crippen LogP contribution in [0.4, 0.5) is 5.69 Å². The topological polar surface area (TPSA) is 77.2 Å². The van der Waals surface area contributed by atoms with Crippen molar-refractivity contribution in [3.05, 3.63) is 53.9 Å². The minimum Gasteiger partial charge on any atom is -0.484 e. The molecular formula is C15H17N3O2. The van der Waals surface area contributed by atoms with Gasteiger partial charge >= 0.3 is 0 Å². The normalized spacial score (nSPS) is 10.1. The number of ether oxygens (including phenoxy) is 1. The molecule has 0 aliphatic carbocycles. The van der Waals surface area contributed by atoms with Gasteiger partial charge in [-0.25, -0.2) is 0 Å². The first-order valence-corrected chi connectivity index (χ1v) is 6.29. The second-order valence-electron chi connectivity index (χ2n) is 4.44. The van der Waals surface area contributed by atoms with E-state index in [2.05, 4.69) is 10.3 Å². The summed E-state index contributed by atoms with van der Waals surface area (Å²) in [6.07, 6.45) is 3.47. The first kappa shape index (κ1) is 13.9. The Labute approximate surface area is 117 Å². The van der Waals surface area contributed by atoms with Crippen LogP contribution >= 0.6 is 0 Å². The Kier molecular flexibility index (Phi) is 4.55. The zero-order valence-corrected chi connectivity index (χ0v) is 11.3.